The first kappa shape index (κ1) is 10.9. The van der Waals surface area contributed by atoms with Crippen LogP contribution in [0.25, 0.3) is 0 Å². The molecule has 2 rings (SSSR count). The molecule has 0 bridgehead atoms. The maximum Gasteiger partial charge on any atom is 0.155 e. The molecule has 0 aromatic carbocycles. The second-order valence-electron chi connectivity index (χ2n) is 4.65. The van der Waals surface area contributed by atoms with Crippen molar-refractivity contribution in [3.63, 3.8) is 0 Å². The largest absolute Gasteiger partial charge is 0.378 e. The van der Waals surface area contributed by atoms with Crippen molar-refractivity contribution in [2.45, 2.75) is 57.5 Å². The number of ether oxygens (including phenoxy) is 1. The van der Waals surface area contributed by atoms with Crippen molar-refractivity contribution in [3.8, 4) is 0 Å². The molecule has 2 nitrogen and oxygen atoms in total. The fourth-order valence-corrected chi connectivity index (χ4v) is 2.49. The minimum absolute atomic E-state index is 0.327. The van der Waals surface area contributed by atoms with Gasteiger partial charge < -0.3 is 4.74 Å². The van der Waals surface area contributed by atoms with Crippen molar-refractivity contribution in [1.29, 1.82) is 0 Å². The lowest BCUT2D eigenvalue weighted by molar-refractivity contribution is -0.115. The molecule has 84 valence electrons. The Kier molecular flexibility index (Phi) is 3.95. The van der Waals surface area contributed by atoms with E-state index in [-0.39, 0.29) is 0 Å². The van der Waals surface area contributed by atoms with Crippen LogP contribution in [0, 0.1) is 0 Å². The fraction of sp³-hybridized carbons (Fsp3) is 0.769. The number of carbonyl (C=O) groups is 1. The SMILES string of the molecule is O=C1C=C(CCCC2CCCO2)CCC1. The molecule has 2 aliphatic rings. The summed E-state index contributed by atoms with van der Waals surface area (Å²) in [7, 11) is 0. The molecule has 1 saturated heterocycles. The monoisotopic (exact) mass is 208 g/mol. The van der Waals surface area contributed by atoms with Crippen LogP contribution in [-0.4, -0.2) is 18.5 Å². The van der Waals surface area contributed by atoms with Crippen molar-refractivity contribution < 1.29 is 9.53 Å². The van der Waals surface area contributed by atoms with Gasteiger partial charge in [0, 0.05) is 13.0 Å². The summed E-state index contributed by atoms with van der Waals surface area (Å²) in [5.41, 5.74) is 1.37. The standard InChI is InChI=1S/C13H20O2/c14-12-6-1-4-11(10-12)5-2-7-13-8-3-9-15-13/h10,13H,1-9H2. The van der Waals surface area contributed by atoms with Gasteiger partial charge in [-0.2, -0.15) is 0 Å². The van der Waals surface area contributed by atoms with E-state index in [9.17, 15) is 4.79 Å². The first-order chi connectivity index (χ1) is 7.34. The van der Waals surface area contributed by atoms with E-state index in [1.807, 2.05) is 6.08 Å². The smallest absolute Gasteiger partial charge is 0.155 e. The molecule has 0 radical (unpaired) electrons. The molecule has 0 spiro atoms. The van der Waals surface area contributed by atoms with Crippen LogP contribution >= 0.6 is 0 Å². The lowest BCUT2D eigenvalue weighted by atomic mass is 9.94. The van der Waals surface area contributed by atoms with E-state index < -0.39 is 0 Å². The second-order valence-corrected chi connectivity index (χ2v) is 4.65. The Morgan fingerprint density at radius 3 is 3.00 bits per heavy atom. The molecule has 15 heavy (non-hydrogen) atoms. The Morgan fingerprint density at radius 1 is 1.33 bits per heavy atom. The van der Waals surface area contributed by atoms with Gasteiger partial charge in [-0.3, -0.25) is 4.79 Å². The summed E-state index contributed by atoms with van der Waals surface area (Å²) in [6, 6.07) is 0. The molecule has 0 amide bonds. The fourth-order valence-electron chi connectivity index (χ4n) is 2.49. The average Bonchev–Trinajstić information content (AvgIpc) is 2.71. The van der Waals surface area contributed by atoms with Gasteiger partial charge in [0.2, 0.25) is 0 Å². The van der Waals surface area contributed by atoms with Gasteiger partial charge in [0.15, 0.2) is 5.78 Å². The van der Waals surface area contributed by atoms with Crippen molar-refractivity contribution >= 4 is 5.78 Å². The summed E-state index contributed by atoms with van der Waals surface area (Å²) >= 11 is 0. The maximum absolute atomic E-state index is 11.2. The predicted octanol–water partition coefficient (Wildman–Crippen LogP) is 3.02. The summed E-state index contributed by atoms with van der Waals surface area (Å²) in [5, 5.41) is 0. The highest BCUT2D eigenvalue weighted by Gasteiger charge is 2.15. The number of carbonyl (C=O) groups excluding carboxylic acids is 1. The van der Waals surface area contributed by atoms with Gasteiger partial charge in [-0.1, -0.05) is 5.57 Å². The summed E-state index contributed by atoms with van der Waals surface area (Å²) in [4.78, 5) is 11.2. The topological polar surface area (TPSA) is 26.3 Å². The van der Waals surface area contributed by atoms with Crippen LogP contribution in [-0.2, 0) is 9.53 Å². The highest BCUT2D eigenvalue weighted by molar-refractivity contribution is 5.91. The third-order valence-electron chi connectivity index (χ3n) is 3.33. The molecule has 2 heteroatoms. The summed E-state index contributed by atoms with van der Waals surface area (Å²) in [5.74, 6) is 0.327. The Morgan fingerprint density at radius 2 is 2.27 bits per heavy atom. The van der Waals surface area contributed by atoms with Crippen molar-refractivity contribution in [1.82, 2.24) is 0 Å². The van der Waals surface area contributed by atoms with Crippen LogP contribution in [0.3, 0.4) is 0 Å². The first-order valence-electron chi connectivity index (χ1n) is 6.18. The molecule has 0 aromatic heterocycles. The first-order valence-corrected chi connectivity index (χ1v) is 6.18. The van der Waals surface area contributed by atoms with E-state index in [0.717, 1.165) is 32.3 Å². The van der Waals surface area contributed by atoms with Gasteiger partial charge in [-0.15, -0.1) is 0 Å². The van der Waals surface area contributed by atoms with Crippen LogP contribution in [0.1, 0.15) is 51.4 Å². The zero-order valence-electron chi connectivity index (χ0n) is 9.34. The summed E-state index contributed by atoms with van der Waals surface area (Å²) in [6.45, 7) is 0.950. The van der Waals surface area contributed by atoms with Gasteiger partial charge in [0.1, 0.15) is 0 Å². The molecule has 1 aliphatic carbocycles. The molecule has 0 N–H and O–H groups in total. The minimum Gasteiger partial charge on any atom is -0.378 e. The zero-order chi connectivity index (χ0) is 10.5. The summed E-state index contributed by atoms with van der Waals surface area (Å²) < 4.78 is 5.58. The van der Waals surface area contributed by atoms with Crippen LogP contribution in [0.2, 0.25) is 0 Å². The Bertz CT molecular complexity index is 249. The molecular formula is C13H20O2. The lowest BCUT2D eigenvalue weighted by Crippen LogP contribution is -2.06. The van der Waals surface area contributed by atoms with E-state index >= 15 is 0 Å². The molecule has 1 fully saturated rings. The molecule has 0 aromatic rings. The Labute approximate surface area is 91.7 Å². The van der Waals surface area contributed by atoms with Gasteiger partial charge >= 0.3 is 0 Å². The Balaban J connectivity index is 1.66. The third-order valence-corrected chi connectivity index (χ3v) is 3.33. The maximum atomic E-state index is 11.2. The molecule has 1 heterocycles. The van der Waals surface area contributed by atoms with Crippen LogP contribution in [0.15, 0.2) is 11.6 Å². The molecule has 1 aliphatic heterocycles. The number of hydrogen-bond acceptors (Lipinski definition) is 2. The van der Waals surface area contributed by atoms with Crippen molar-refractivity contribution in [3.05, 3.63) is 11.6 Å². The molecular weight excluding hydrogens is 188 g/mol. The van der Waals surface area contributed by atoms with Crippen molar-refractivity contribution in [2.75, 3.05) is 6.61 Å². The zero-order valence-corrected chi connectivity index (χ0v) is 9.34. The highest BCUT2D eigenvalue weighted by atomic mass is 16.5. The number of rotatable bonds is 4. The van der Waals surface area contributed by atoms with E-state index in [4.69, 9.17) is 4.74 Å². The average molecular weight is 208 g/mol. The van der Waals surface area contributed by atoms with Crippen LogP contribution < -0.4 is 0 Å². The van der Waals surface area contributed by atoms with Gasteiger partial charge in [0.25, 0.3) is 0 Å². The third kappa shape index (κ3) is 3.45. The number of hydrogen-bond donors (Lipinski definition) is 0. The van der Waals surface area contributed by atoms with Crippen molar-refractivity contribution in [2.24, 2.45) is 0 Å². The Hall–Kier alpha value is -0.630. The molecule has 1 atom stereocenters. The van der Waals surface area contributed by atoms with E-state index in [2.05, 4.69) is 0 Å². The quantitative estimate of drug-likeness (QED) is 0.710. The van der Waals surface area contributed by atoms with Crippen LogP contribution in [0.5, 0.6) is 0 Å². The predicted molar refractivity (Wildman–Crippen MR) is 59.8 cm³/mol. The van der Waals surface area contributed by atoms with E-state index in [1.54, 1.807) is 0 Å². The highest BCUT2D eigenvalue weighted by Crippen LogP contribution is 2.23. The van der Waals surface area contributed by atoms with Gasteiger partial charge in [-0.05, 0) is 51.0 Å². The molecule has 0 saturated carbocycles. The minimum atomic E-state index is 0.327. The molecule has 1 unspecified atom stereocenters. The van der Waals surface area contributed by atoms with E-state index in [1.165, 1.54) is 31.3 Å². The second kappa shape index (κ2) is 5.45. The number of ketones is 1. The van der Waals surface area contributed by atoms with Gasteiger partial charge in [-0.25, -0.2) is 0 Å². The lowest BCUT2D eigenvalue weighted by Gasteiger charge is -2.13. The van der Waals surface area contributed by atoms with E-state index in [0.29, 0.717) is 11.9 Å². The summed E-state index contributed by atoms with van der Waals surface area (Å²) in [6.07, 6.45) is 11.3. The normalized spacial score (nSPS) is 26.8. The number of allylic oxidation sites excluding steroid dienone is 2. The van der Waals surface area contributed by atoms with Gasteiger partial charge in [0.05, 0.1) is 6.10 Å². The van der Waals surface area contributed by atoms with Crippen LogP contribution in [0.4, 0.5) is 0 Å².